The number of carbonyl (C=O) groups excluding carboxylic acids is 2. The second-order valence-corrected chi connectivity index (χ2v) is 8.81. The Balaban J connectivity index is 1.34. The third-order valence-corrected chi connectivity index (χ3v) is 6.45. The minimum atomic E-state index is -0.0484. The van der Waals surface area contributed by atoms with Crippen molar-refractivity contribution in [3.63, 3.8) is 0 Å². The van der Waals surface area contributed by atoms with Gasteiger partial charge in [-0.15, -0.1) is 0 Å². The van der Waals surface area contributed by atoms with Crippen molar-refractivity contribution < 1.29 is 23.8 Å². The van der Waals surface area contributed by atoms with E-state index in [0.717, 1.165) is 30.3 Å². The van der Waals surface area contributed by atoms with E-state index in [1.54, 1.807) is 0 Å². The van der Waals surface area contributed by atoms with E-state index in [9.17, 15) is 9.59 Å². The molecule has 0 spiro atoms. The lowest BCUT2D eigenvalue weighted by Gasteiger charge is -2.16. The first-order valence-corrected chi connectivity index (χ1v) is 12.1. The number of hydrogen-bond donors (Lipinski definition) is 3. The molecule has 2 aliphatic heterocycles. The summed E-state index contributed by atoms with van der Waals surface area (Å²) in [6, 6.07) is 0.464. The van der Waals surface area contributed by atoms with Crippen LogP contribution in [0.25, 0.3) is 0 Å². The summed E-state index contributed by atoms with van der Waals surface area (Å²) in [6.45, 7) is 3.90. The topological polar surface area (TPSA) is 97.9 Å². The molecule has 3 N–H and O–H groups in total. The van der Waals surface area contributed by atoms with Gasteiger partial charge in [-0.2, -0.15) is 11.8 Å². The standard InChI is InChI=1S/C18H32BrN3O5S/c19-5-7-25-9-11-27-12-10-26-8-6-20-16(23)4-2-1-3-15-17-14(13-28-15)21-18(24)22-17/h14-15,17H,1-13H2,(H,20,23)(H2,21,22,24)/t14-,15-,17-/m0/s1. The van der Waals surface area contributed by atoms with Gasteiger partial charge in [-0.05, 0) is 12.8 Å². The smallest absolute Gasteiger partial charge is 0.315 e. The van der Waals surface area contributed by atoms with Gasteiger partial charge < -0.3 is 30.2 Å². The molecule has 3 amide bonds. The molecule has 162 valence electrons. The van der Waals surface area contributed by atoms with Gasteiger partial charge in [0, 0.05) is 29.3 Å². The van der Waals surface area contributed by atoms with E-state index in [-0.39, 0.29) is 24.0 Å². The lowest BCUT2D eigenvalue weighted by atomic mass is 10.0. The van der Waals surface area contributed by atoms with Crippen molar-refractivity contribution in [1.29, 1.82) is 0 Å². The molecule has 0 aromatic carbocycles. The Bertz CT molecular complexity index is 475. The van der Waals surface area contributed by atoms with Crippen LogP contribution in [-0.4, -0.2) is 86.5 Å². The Morgan fingerprint density at radius 3 is 2.54 bits per heavy atom. The Hall–Kier alpha value is -0.550. The predicted octanol–water partition coefficient (Wildman–Crippen LogP) is 1.27. The van der Waals surface area contributed by atoms with E-state index < -0.39 is 0 Å². The zero-order valence-electron chi connectivity index (χ0n) is 16.3. The quantitative estimate of drug-likeness (QED) is 0.174. The van der Waals surface area contributed by atoms with Crippen molar-refractivity contribution in [2.24, 2.45) is 0 Å². The molecule has 0 saturated carbocycles. The largest absolute Gasteiger partial charge is 0.378 e. The number of fused-ring (bicyclic) bond motifs is 1. The number of nitrogens with one attached hydrogen (secondary N) is 3. The molecule has 8 nitrogen and oxygen atoms in total. The molecular formula is C18H32BrN3O5S. The third-order valence-electron chi connectivity index (χ3n) is 4.61. The number of amides is 3. The van der Waals surface area contributed by atoms with Gasteiger partial charge in [0.15, 0.2) is 0 Å². The van der Waals surface area contributed by atoms with Crippen molar-refractivity contribution in [2.75, 3.05) is 57.3 Å². The van der Waals surface area contributed by atoms with Crippen LogP contribution in [0.5, 0.6) is 0 Å². The van der Waals surface area contributed by atoms with Crippen LogP contribution >= 0.6 is 27.7 Å². The van der Waals surface area contributed by atoms with Crippen molar-refractivity contribution in [3.05, 3.63) is 0 Å². The highest BCUT2D eigenvalue weighted by Gasteiger charge is 2.42. The number of thioether (sulfide) groups is 1. The fourth-order valence-electron chi connectivity index (χ4n) is 3.22. The first-order chi connectivity index (χ1) is 13.7. The first-order valence-electron chi connectivity index (χ1n) is 9.95. The zero-order valence-corrected chi connectivity index (χ0v) is 18.7. The molecule has 2 heterocycles. The third kappa shape index (κ3) is 9.30. The van der Waals surface area contributed by atoms with Crippen LogP contribution in [0.2, 0.25) is 0 Å². The molecule has 0 radical (unpaired) electrons. The van der Waals surface area contributed by atoms with E-state index in [1.165, 1.54) is 0 Å². The maximum Gasteiger partial charge on any atom is 0.315 e. The summed E-state index contributed by atoms with van der Waals surface area (Å²) in [7, 11) is 0. The minimum absolute atomic E-state index is 0.0484. The average molecular weight is 482 g/mol. The summed E-state index contributed by atoms with van der Waals surface area (Å²) in [6.07, 6.45) is 3.43. The lowest BCUT2D eigenvalue weighted by molar-refractivity contribution is -0.121. The van der Waals surface area contributed by atoms with Gasteiger partial charge >= 0.3 is 6.03 Å². The number of hydrogen-bond acceptors (Lipinski definition) is 6. The summed E-state index contributed by atoms with van der Waals surface area (Å²) >= 11 is 5.20. The Labute approximate surface area is 179 Å². The van der Waals surface area contributed by atoms with Gasteiger partial charge in [0.25, 0.3) is 0 Å². The zero-order chi connectivity index (χ0) is 20.0. The number of halogens is 1. The maximum absolute atomic E-state index is 11.8. The van der Waals surface area contributed by atoms with Crippen LogP contribution in [0, 0.1) is 0 Å². The highest BCUT2D eigenvalue weighted by Crippen LogP contribution is 2.33. The number of rotatable bonds is 16. The van der Waals surface area contributed by atoms with Gasteiger partial charge in [0.2, 0.25) is 5.91 Å². The molecule has 0 unspecified atom stereocenters. The molecule has 28 heavy (non-hydrogen) atoms. The fourth-order valence-corrected chi connectivity index (χ4v) is 4.99. The van der Waals surface area contributed by atoms with Crippen LogP contribution in [0.3, 0.4) is 0 Å². The van der Waals surface area contributed by atoms with Gasteiger partial charge in [0.1, 0.15) is 0 Å². The molecule has 2 aliphatic rings. The van der Waals surface area contributed by atoms with Gasteiger partial charge in [-0.1, -0.05) is 22.4 Å². The van der Waals surface area contributed by atoms with Gasteiger partial charge in [-0.3, -0.25) is 4.79 Å². The van der Waals surface area contributed by atoms with E-state index in [4.69, 9.17) is 14.2 Å². The molecule has 2 fully saturated rings. The summed E-state index contributed by atoms with van der Waals surface area (Å²) in [5.41, 5.74) is 0. The first kappa shape index (κ1) is 23.7. The number of carbonyl (C=O) groups is 2. The molecule has 0 bridgehead atoms. The maximum atomic E-state index is 11.8. The summed E-state index contributed by atoms with van der Waals surface area (Å²) in [5, 5.41) is 10.1. The van der Waals surface area contributed by atoms with E-state index >= 15 is 0 Å². The monoisotopic (exact) mass is 481 g/mol. The molecule has 0 aromatic heterocycles. The molecule has 10 heteroatoms. The second-order valence-electron chi connectivity index (χ2n) is 6.74. The van der Waals surface area contributed by atoms with E-state index in [2.05, 4.69) is 31.9 Å². The highest BCUT2D eigenvalue weighted by atomic mass is 79.9. The number of unbranched alkanes of at least 4 members (excludes halogenated alkanes) is 1. The minimum Gasteiger partial charge on any atom is -0.378 e. The molecule has 3 atom stereocenters. The van der Waals surface area contributed by atoms with E-state index in [0.29, 0.717) is 57.9 Å². The van der Waals surface area contributed by atoms with Crippen LogP contribution in [0.4, 0.5) is 4.79 Å². The number of ether oxygens (including phenoxy) is 3. The highest BCUT2D eigenvalue weighted by molar-refractivity contribution is 9.09. The summed E-state index contributed by atoms with van der Waals surface area (Å²) in [5.74, 6) is 1.04. The van der Waals surface area contributed by atoms with Crippen molar-refractivity contribution >= 4 is 39.6 Å². The summed E-state index contributed by atoms with van der Waals surface area (Å²) in [4.78, 5) is 23.2. The van der Waals surface area contributed by atoms with Crippen LogP contribution < -0.4 is 16.0 Å². The number of alkyl halides is 1. The molecule has 0 aliphatic carbocycles. The predicted molar refractivity (Wildman–Crippen MR) is 113 cm³/mol. The summed E-state index contributed by atoms with van der Waals surface area (Å²) < 4.78 is 16.1. The van der Waals surface area contributed by atoms with Crippen LogP contribution in [0.1, 0.15) is 25.7 Å². The second kappa shape index (κ2) is 14.4. The van der Waals surface area contributed by atoms with Gasteiger partial charge in [-0.25, -0.2) is 4.79 Å². The van der Waals surface area contributed by atoms with Crippen molar-refractivity contribution in [2.45, 2.75) is 43.0 Å². The van der Waals surface area contributed by atoms with Crippen molar-refractivity contribution in [1.82, 2.24) is 16.0 Å². The average Bonchev–Trinajstić information content (AvgIpc) is 3.22. The normalized spacial score (nSPS) is 23.3. The van der Waals surface area contributed by atoms with Crippen LogP contribution in [-0.2, 0) is 19.0 Å². The molecule has 0 aromatic rings. The van der Waals surface area contributed by atoms with E-state index in [1.807, 2.05) is 11.8 Å². The lowest BCUT2D eigenvalue weighted by Crippen LogP contribution is -2.36. The SMILES string of the molecule is O=C(CCCC[C@@H]1SC[C@@H]2NC(=O)N[C@@H]21)NCCOCCOCCOCCBr. The number of urea groups is 1. The Kier molecular flexibility index (Phi) is 12.2. The Morgan fingerprint density at radius 2 is 1.79 bits per heavy atom. The molecule has 2 rings (SSSR count). The molecular weight excluding hydrogens is 450 g/mol. The van der Waals surface area contributed by atoms with Crippen molar-refractivity contribution in [3.8, 4) is 0 Å². The fraction of sp³-hybridized carbons (Fsp3) is 0.889. The van der Waals surface area contributed by atoms with Crippen LogP contribution in [0.15, 0.2) is 0 Å². The Morgan fingerprint density at radius 1 is 1.07 bits per heavy atom. The molecule has 2 saturated heterocycles. The van der Waals surface area contributed by atoms with Gasteiger partial charge in [0.05, 0.1) is 51.7 Å².